The van der Waals surface area contributed by atoms with Gasteiger partial charge >= 0.3 is 5.97 Å². The molecule has 2 aromatic rings. The zero-order valence-corrected chi connectivity index (χ0v) is 12.8. The van der Waals surface area contributed by atoms with E-state index in [0.717, 1.165) is 22.4 Å². The zero-order valence-electron chi connectivity index (χ0n) is 12.8. The molecular formula is C16H22N2O2. The van der Waals surface area contributed by atoms with Crippen LogP contribution >= 0.6 is 0 Å². The van der Waals surface area contributed by atoms with Gasteiger partial charge in [0.15, 0.2) is 0 Å². The second-order valence-electron chi connectivity index (χ2n) is 5.68. The molecule has 20 heavy (non-hydrogen) atoms. The predicted octanol–water partition coefficient (Wildman–Crippen LogP) is 3.81. The Morgan fingerprint density at radius 3 is 2.40 bits per heavy atom. The molecule has 0 aliphatic carbocycles. The summed E-state index contributed by atoms with van der Waals surface area (Å²) in [5.41, 5.74) is 4.15. The van der Waals surface area contributed by atoms with Crippen molar-refractivity contribution >= 4 is 17.0 Å². The van der Waals surface area contributed by atoms with Crippen LogP contribution in [0.2, 0.25) is 0 Å². The Kier molecular flexibility index (Phi) is 3.84. The molecule has 0 bridgehead atoms. The number of imidazole rings is 1. The molecule has 1 N–H and O–H groups in total. The maximum Gasteiger partial charge on any atom is 0.326 e. The summed E-state index contributed by atoms with van der Waals surface area (Å²) in [4.78, 5) is 16.2. The lowest BCUT2D eigenvalue weighted by Gasteiger charge is -2.18. The summed E-state index contributed by atoms with van der Waals surface area (Å²) in [5.74, 6) is 0.239. The number of rotatable bonds is 4. The highest BCUT2D eigenvalue weighted by atomic mass is 16.4. The molecule has 2 rings (SSSR count). The summed E-state index contributed by atoms with van der Waals surface area (Å²) in [6.45, 7) is 10.1. The summed E-state index contributed by atoms with van der Waals surface area (Å²) >= 11 is 0. The average Bonchev–Trinajstić information content (AvgIpc) is 2.70. The topological polar surface area (TPSA) is 55.1 Å². The zero-order chi connectivity index (χ0) is 15.0. The number of nitrogens with zero attached hydrogens (tertiary/aromatic N) is 2. The third-order valence-electron chi connectivity index (χ3n) is 3.83. The monoisotopic (exact) mass is 274 g/mol. The first-order valence-electron chi connectivity index (χ1n) is 7.08. The number of carbonyl (C=O) groups is 1. The number of hydrogen-bond donors (Lipinski definition) is 1. The van der Waals surface area contributed by atoms with Crippen LogP contribution in [0, 0.1) is 13.8 Å². The molecule has 1 atom stereocenters. The van der Waals surface area contributed by atoms with E-state index < -0.39 is 12.0 Å². The Labute approximate surface area is 119 Å². The summed E-state index contributed by atoms with van der Waals surface area (Å²) < 4.78 is 1.90. The van der Waals surface area contributed by atoms with E-state index in [0.29, 0.717) is 6.42 Å². The molecule has 1 aromatic carbocycles. The molecule has 0 aliphatic rings. The van der Waals surface area contributed by atoms with Gasteiger partial charge in [0.2, 0.25) is 0 Å². The molecule has 108 valence electrons. The van der Waals surface area contributed by atoms with Gasteiger partial charge in [0, 0.05) is 5.92 Å². The van der Waals surface area contributed by atoms with Gasteiger partial charge in [0.1, 0.15) is 11.9 Å². The molecule has 0 aliphatic heterocycles. The molecule has 1 unspecified atom stereocenters. The second kappa shape index (κ2) is 5.27. The van der Waals surface area contributed by atoms with Crippen LogP contribution in [0.15, 0.2) is 12.1 Å². The molecule has 4 heteroatoms. The first-order chi connectivity index (χ1) is 9.36. The number of aromatic nitrogens is 2. The smallest absolute Gasteiger partial charge is 0.326 e. The van der Waals surface area contributed by atoms with Crippen molar-refractivity contribution in [1.29, 1.82) is 0 Å². The van der Waals surface area contributed by atoms with Gasteiger partial charge in [-0.1, -0.05) is 20.8 Å². The number of hydrogen-bond acceptors (Lipinski definition) is 2. The number of carboxylic acids is 1. The van der Waals surface area contributed by atoms with E-state index in [1.807, 2.05) is 38.3 Å². The Morgan fingerprint density at radius 2 is 1.90 bits per heavy atom. The van der Waals surface area contributed by atoms with Crippen LogP contribution in [0.3, 0.4) is 0 Å². The summed E-state index contributed by atoms with van der Waals surface area (Å²) in [6, 6.07) is 3.54. The second-order valence-corrected chi connectivity index (χ2v) is 5.68. The number of carboxylic acid groups (broad SMARTS) is 1. The van der Waals surface area contributed by atoms with Crippen LogP contribution in [0.4, 0.5) is 0 Å². The molecule has 4 nitrogen and oxygen atoms in total. The lowest BCUT2D eigenvalue weighted by molar-refractivity contribution is -0.140. The van der Waals surface area contributed by atoms with Crippen LogP contribution in [0.5, 0.6) is 0 Å². The third-order valence-corrected chi connectivity index (χ3v) is 3.83. The highest BCUT2D eigenvalue weighted by Gasteiger charge is 2.25. The van der Waals surface area contributed by atoms with Gasteiger partial charge in [-0.15, -0.1) is 0 Å². The minimum absolute atomic E-state index is 0.191. The maximum atomic E-state index is 11.6. The number of aliphatic carboxylic acids is 1. The molecule has 1 aromatic heterocycles. The van der Waals surface area contributed by atoms with Crippen molar-refractivity contribution in [2.45, 2.75) is 53.0 Å². The molecule has 0 radical (unpaired) electrons. The SMILES string of the molecule is CCC(C(=O)O)n1c(C(C)C)nc2cc(C)c(C)cc21. The van der Waals surface area contributed by atoms with Crippen LogP contribution in [-0.2, 0) is 4.79 Å². The molecule has 0 spiro atoms. The molecule has 1 heterocycles. The first kappa shape index (κ1) is 14.6. The molecule has 0 saturated heterocycles. The van der Waals surface area contributed by atoms with Crippen LogP contribution in [0.1, 0.15) is 56.1 Å². The third kappa shape index (κ3) is 2.30. The van der Waals surface area contributed by atoms with Crippen LogP contribution in [-0.4, -0.2) is 20.6 Å². The van der Waals surface area contributed by atoms with Crippen molar-refractivity contribution in [3.8, 4) is 0 Å². The fourth-order valence-corrected chi connectivity index (χ4v) is 2.57. The van der Waals surface area contributed by atoms with Crippen LogP contribution < -0.4 is 0 Å². The van der Waals surface area contributed by atoms with Crippen LogP contribution in [0.25, 0.3) is 11.0 Å². The normalized spacial score (nSPS) is 13.1. The van der Waals surface area contributed by atoms with Gasteiger partial charge in [0.05, 0.1) is 11.0 Å². The van der Waals surface area contributed by atoms with Gasteiger partial charge < -0.3 is 9.67 Å². The minimum atomic E-state index is -0.799. The van der Waals surface area contributed by atoms with Gasteiger partial charge in [-0.2, -0.15) is 0 Å². The largest absolute Gasteiger partial charge is 0.480 e. The average molecular weight is 274 g/mol. The molecule has 0 amide bonds. The highest BCUT2D eigenvalue weighted by molar-refractivity contribution is 5.82. The van der Waals surface area contributed by atoms with E-state index in [-0.39, 0.29) is 5.92 Å². The van der Waals surface area contributed by atoms with Gasteiger partial charge in [-0.3, -0.25) is 0 Å². The van der Waals surface area contributed by atoms with Crippen molar-refractivity contribution in [3.63, 3.8) is 0 Å². The fourth-order valence-electron chi connectivity index (χ4n) is 2.57. The van der Waals surface area contributed by atoms with E-state index in [1.165, 1.54) is 5.56 Å². The number of fused-ring (bicyclic) bond motifs is 1. The lowest BCUT2D eigenvalue weighted by atomic mass is 10.1. The Balaban J connectivity index is 2.80. The molecule has 0 saturated carbocycles. The van der Waals surface area contributed by atoms with Gasteiger partial charge in [-0.05, 0) is 43.5 Å². The highest BCUT2D eigenvalue weighted by Crippen LogP contribution is 2.29. The van der Waals surface area contributed by atoms with Crippen molar-refractivity contribution in [1.82, 2.24) is 9.55 Å². The number of benzene rings is 1. The van der Waals surface area contributed by atoms with Crippen molar-refractivity contribution in [2.75, 3.05) is 0 Å². The minimum Gasteiger partial charge on any atom is -0.480 e. The Morgan fingerprint density at radius 1 is 1.30 bits per heavy atom. The summed E-state index contributed by atoms with van der Waals surface area (Å²) in [5, 5.41) is 9.49. The van der Waals surface area contributed by atoms with Crippen molar-refractivity contribution < 1.29 is 9.90 Å². The predicted molar refractivity (Wildman–Crippen MR) is 80.3 cm³/mol. The first-order valence-corrected chi connectivity index (χ1v) is 7.08. The van der Waals surface area contributed by atoms with Crippen molar-refractivity contribution in [3.05, 3.63) is 29.1 Å². The molecular weight excluding hydrogens is 252 g/mol. The van der Waals surface area contributed by atoms with E-state index in [4.69, 9.17) is 0 Å². The molecule has 0 fully saturated rings. The van der Waals surface area contributed by atoms with Gasteiger partial charge in [0.25, 0.3) is 0 Å². The fraction of sp³-hybridized carbons (Fsp3) is 0.500. The van der Waals surface area contributed by atoms with Crippen molar-refractivity contribution in [2.24, 2.45) is 0 Å². The standard InChI is InChI=1S/C16H22N2O2/c1-6-13(16(19)20)18-14-8-11(5)10(4)7-12(14)17-15(18)9(2)3/h7-9,13H,6H2,1-5H3,(H,19,20). The van der Waals surface area contributed by atoms with E-state index >= 15 is 0 Å². The van der Waals surface area contributed by atoms with E-state index in [9.17, 15) is 9.90 Å². The van der Waals surface area contributed by atoms with Gasteiger partial charge in [-0.25, -0.2) is 9.78 Å². The quantitative estimate of drug-likeness (QED) is 0.922. The summed E-state index contributed by atoms with van der Waals surface area (Å²) in [7, 11) is 0. The van der Waals surface area contributed by atoms with E-state index in [2.05, 4.69) is 18.0 Å². The Bertz CT molecular complexity index is 656. The Hall–Kier alpha value is -1.84. The lowest BCUT2D eigenvalue weighted by Crippen LogP contribution is -2.21. The summed E-state index contributed by atoms with van der Waals surface area (Å²) in [6.07, 6.45) is 0.549. The van der Waals surface area contributed by atoms with E-state index in [1.54, 1.807) is 0 Å². The number of aryl methyl sites for hydroxylation is 2. The maximum absolute atomic E-state index is 11.6.